The fourth-order valence-electron chi connectivity index (χ4n) is 1.36. The van der Waals surface area contributed by atoms with E-state index in [9.17, 15) is 9.59 Å². The van der Waals surface area contributed by atoms with Crippen LogP contribution in [0.2, 0.25) is 0 Å². The summed E-state index contributed by atoms with van der Waals surface area (Å²) in [7, 11) is 0. The molecule has 1 heterocycles. The summed E-state index contributed by atoms with van der Waals surface area (Å²) in [6.07, 6.45) is -1.49. The molecule has 0 aromatic carbocycles. The summed E-state index contributed by atoms with van der Waals surface area (Å²) in [6.45, 7) is 6.16. The quantitative estimate of drug-likeness (QED) is 0.636. The molecule has 1 aliphatic heterocycles. The van der Waals surface area contributed by atoms with E-state index in [1.165, 1.54) is 13.8 Å². The minimum atomic E-state index is -0.841. The van der Waals surface area contributed by atoms with Gasteiger partial charge in [-0.2, -0.15) is 0 Å². The van der Waals surface area contributed by atoms with E-state index in [1.54, 1.807) is 13.8 Å². The van der Waals surface area contributed by atoms with Gasteiger partial charge in [0.25, 0.3) is 0 Å². The first-order valence-corrected chi connectivity index (χ1v) is 4.20. The Morgan fingerprint density at radius 2 is 1.31 bits per heavy atom. The fourth-order valence-corrected chi connectivity index (χ4v) is 1.36. The van der Waals surface area contributed by atoms with Crippen LogP contribution in [0.15, 0.2) is 0 Å². The van der Waals surface area contributed by atoms with E-state index >= 15 is 0 Å². The second-order valence-corrected chi connectivity index (χ2v) is 3.70. The highest BCUT2D eigenvalue weighted by molar-refractivity contribution is 5.91. The molecule has 2 atom stereocenters. The number of carbonyl (C=O) groups is 2. The Balaban J connectivity index is 2.83. The average Bonchev–Trinajstić information content (AvgIpc) is 2.26. The van der Waals surface area contributed by atoms with Crippen molar-refractivity contribution < 1.29 is 19.1 Å². The van der Waals surface area contributed by atoms with Crippen LogP contribution in [-0.2, 0) is 19.1 Å². The lowest BCUT2D eigenvalue weighted by Crippen LogP contribution is -2.34. The molecule has 0 spiro atoms. The molecule has 13 heavy (non-hydrogen) atoms. The fraction of sp³-hybridized carbons (Fsp3) is 0.778. The van der Waals surface area contributed by atoms with Crippen molar-refractivity contribution in [3.63, 3.8) is 0 Å². The SMILES string of the molecule is CC(=O)[C@H]1OC(C)(C)O[C@@H]1C(C)=O. The van der Waals surface area contributed by atoms with Crippen LogP contribution in [0.1, 0.15) is 27.7 Å². The number of carbonyl (C=O) groups excluding carboxylic acids is 2. The first kappa shape index (κ1) is 10.3. The van der Waals surface area contributed by atoms with E-state index in [4.69, 9.17) is 9.47 Å². The summed E-state index contributed by atoms with van der Waals surface area (Å²) in [6, 6.07) is 0. The highest BCUT2D eigenvalue weighted by Crippen LogP contribution is 2.28. The number of hydrogen-bond acceptors (Lipinski definition) is 4. The molecule has 0 radical (unpaired) electrons. The molecule has 0 aliphatic carbocycles. The van der Waals surface area contributed by atoms with Gasteiger partial charge in [-0.15, -0.1) is 0 Å². The third-order valence-electron chi connectivity index (χ3n) is 1.90. The van der Waals surface area contributed by atoms with Crippen molar-refractivity contribution in [1.82, 2.24) is 0 Å². The molecule has 1 saturated heterocycles. The lowest BCUT2D eigenvalue weighted by molar-refractivity contribution is -0.157. The molecule has 0 N–H and O–H groups in total. The lowest BCUT2D eigenvalue weighted by atomic mass is 10.1. The van der Waals surface area contributed by atoms with Crippen molar-refractivity contribution in [3.8, 4) is 0 Å². The van der Waals surface area contributed by atoms with E-state index in [-0.39, 0.29) is 11.6 Å². The summed E-state index contributed by atoms with van der Waals surface area (Å²) >= 11 is 0. The number of ketones is 2. The summed E-state index contributed by atoms with van der Waals surface area (Å²) in [5.41, 5.74) is 0. The molecule has 1 aliphatic rings. The summed E-state index contributed by atoms with van der Waals surface area (Å²) in [4.78, 5) is 22.2. The van der Waals surface area contributed by atoms with Crippen molar-refractivity contribution >= 4 is 11.6 Å². The molecule has 1 fully saturated rings. The maximum Gasteiger partial charge on any atom is 0.165 e. The largest absolute Gasteiger partial charge is 0.336 e. The molecule has 0 saturated carbocycles. The summed E-state index contributed by atoms with van der Waals surface area (Å²) in [5.74, 6) is -1.19. The van der Waals surface area contributed by atoms with E-state index in [1.807, 2.05) is 0 Å². The molecule has 0 amide bonds. The molecule has 4 heteroatoms. The van der Waals surface area contributed by atoms with Gasteiger partial charge < -0.3 is 9.47 Å². The molecule has 1 rings (SSSR count). The Morgan fingerprint density at radius 3 is 1.54 bits per heavy atom. The Kier molecular flexibility index (Phi) is 2.54. The third-order valence-corrected chi connectivity index (χ3v) is 1.90. The van der Waals surface area contributed by atoms with Crippen molar-refractivity contribution in [2.45, 2.75) is 45.7 Å². The van der Waals surface area contributed by atoms with Crippen LogP contribution in [0, 0.1) is 0 Å². The van der Waals surface area contributed by atoms with Crippen LogP contribution in [0.3, 0.4) is 0 Å². The zero-order valence-electron chi connectivity index (χ0n) is 8.29. The van der Waals surface area contributed by atoms with Gasteiger partial charge in [-0.25, -0.2) is 0 Å². The molecule has 0 aromatic heterocycles. The molecule has 4 nitrogen and oxygen atoms in total. The van der Waals surface area contributed by atoms with Gasteiger partial charge in [0.15, 0.2) is 29.6 Å². The van der Waals surface area contributed by atoms with Crippen molar-refractivity contribution in [2.75, 3.05) is 0 Å². The van der Waals surface area contributed by atoms with Gasteiger partial charge in [-0.3, -0.25) is 9.59 Å². The lowest BCUT2D eigenvalue weighted by Gasteiger charge is -2.15. The zero-order chi connectivity index (χ0) is 10.2. The van der Waals surface area contributed by atoms with Gasteiger partial charge in [0.05, 0.1) is 0 Å². The van der Waals surface area contributed by atoms with Crippen molar-refractivity contribution in [3.05, 3.63) is 0 Å². The van der Waals surface area contributed by atoms with Crippen molar-refractivity contribution in [1.29, 1.82) is 0 Å². The van der Waals surface area contributed by atoms with Gasteiger partial charge >= 0.3 is 0 Å². The van der Waals surface area contributed by atoms with Gasteiger partial charge in [-0.1, -0.05) is 0 Å². The topological polar surface area (TPSA) is 52.6 Å². The standard InChI is InChI=1S/C9H14O4/c1-5(10)7-8(6(2)11)13-9(3,4)12-7/h7-8H,1-4H3/t7-,8-/m1/s1. The Morgan fingerprint density at radius 1 is 1.00 bits per heavy atom. The predicted octanol–water partition coefficient (Wildman–Crippen LogP) is 0.684. The van der Waals surface area contributed by atoms with Crippen molar-refractivity contribution in [2.24, 2.45) is 0 Å². The minimum Gasteiger partial charge on any atom is -0.336 e. The Labute approximate surface area is 77.2 Å². The van der Waals surface area contributed by atoms with E-state index < -0.39 is 18.0 Å². The van der Waals surface area contributed by atoms with Gasteiger partial charge in [0.1, 0.15) is 0 Å². The number of rotatable bonds is 2. The van der Waals surface area contributed by atoms with E-state index in [2.05, 4.69) is 0 Å². The van der Waals surface area contributed by atoms with Crippen LogP contribution < -0.4 is 0 Å². The minimum absolute atomic E-state index is 0.175. The summed E-state index contributed by atoms with van der Waals surface area (Å²) in [5, 5.41) is 0. The van der Waals surface area contributed by atoms with Gasteiger partial charge in [-0.05, 0) is 27.7 Å². The Bertz CT molecular complexity index is 220. The number of ether oxygens (including phenoxy) is 2. The van der Waals surface area contributed by atoms with Crippen LogP contribution >= 0.6 is 0 Å². The molecule has 0 unspecified atom stereocenters. The molecular weight excluding hydrogens is 172 g/mol. The Hall–Kier alpha value is -0.740. The van der Waals surface area contributed by atoms with Crippen LogP contribution in [0.25, 0.3) is 0 Å². The molecule has 0 aromatic rings. The zero-order valence-corrected chi connectivity index (χ0v) is 8.29. The second-order valence-electron chi connectivity index (χ2n) is 3.70. The first-order chi connectivity index (χ1) is 5.83. The molecule has 74 valence electrons. The summed E-state index contributed by atoms with van der Waals surface area (Å²) < 4.78 is 10.6. The molecule has 0 bridgehead atoms. The predicted molar refractivity (Wildman–Crippen MR) is 45.2 cm³/mol. The van der Waals surface area contributed by atoms with Crippen LogP contribution in [0.4, 0.5) is 0 Å². The normalized spacial score (nSPS) is 31.7. The maximum absolute atomic E-state index is 11.1. The highest BCUT2D eigenvalue weighted by Gasteiger charge is 2.45. The molecular formula is C9H14O4. The second kappa shape index (κ2) is 3.20. The third kappa shape index (κ3) is 2.14. The van der Waals surface area contributed by atoms with E-state index in [0.29, 0.717) is 0 Å². The number of Topliss-reactive ketones (excluding diaryl/α,β-unsaturated/α-hetero) is 2. The number of hydrogen-bond donors (Lipinski definition) is 0. The van der Waals surface area contributed by atoms with E-state index in [0.717, 1.165) is 0 Å². The van der Waals surface area contributed by atoms with Crippen LogP contribution in [-0.4, -0.2) is 29.6 Å². The van der Waals surface area contributed by atoms with Crippen LogP contribution in [0.5, 0.6) is 0 Å². The van der Waals surface area contributed by atoms with Gasteiger partial charge in [0, 0.05) is 0 Å². The smallest absolute Gasteiger partial charge is 0.165 e. The maximum atomic E-state index is 11.1. The van der Waals surface area contributed by atoms with Gasteiger partial charge in [0.2, 0.25) is 0 Å². The highest BCUT2D eigenvalue weighted by atomic mass is 16.8. The first-order valence-electron chi connectivity index (χ1n) is 4.20. The monoisotopic (exact) mass is 186 g/mol. The average molecular weight is 186 g/mol.